The molecule has 0 radical (unpaired) electrons. The number of allylic oxidation sites excluding steroid dienone is 1. The highest BCUT2D eigenvalue weighted by atomic mass is 79.9. The maximum atomic E-state index is 8.52. The monoisotopic (exact) mass is 295 g/mol. The fraction of sp³-hybridized carbons (Fsp3) is 0.308. The number of rotatable bonds is 5. The number of nitrogens with zero attached hydrogens (tertiary/aromatic N) is 1. The van der Waals surface area contributed by atoms with Crippen molar-refractivity contribution in [1.82, 2.24) is 0 Å². The van der Waals surface area contributed by atoms with Crippen LogP contribution in [0.3, 0.4) is 0 Å². The van der Waals surface area contributed by atoms with Gasteiger partial charge in [-0.25, -0.2) is 0 Å². The molecule has 0 heterocycles. The highest BCUT2D eigenvalue weighted by Crippen LogP contribution is 2.34. The summed E-state index contributed by atoms with van der Waals surface area (Å²) in [5.41, 5.74) is 0.887. The van der Waals surface area contributed by atoms with Crippen LogP contribution in [0.1, 0.15) is 19.4 Å². The molecule has 4 heteroatoms. The highest BCUT2D eigenvalue weighted by molar-refractivity contribution is 9.10. The molecule has 0 amide bonds. The summed E-state index contributed by atoms with van der Waals surface area (Å²) in [4.78, 5) is 0. The summed E-state index contributed by atoms with van der Waals surface area (Å²) in [6, 6.07) is 5.67. The van der Waals surface area contributed by atoms with Crippen molar-refractivity contribution in [3.63, 3.8) is 0 Å². The van der Waals surface area contributed by atoms with E-state index in [0.29, 0.717) is 24.7 Å². The lowest BCUT2D eigenvalue weighted by Gasteiger charge is -2.12. The van der Waals surface area contributed by atoms with E-state index in [2.05, 4.69) is 15.9 Å². The maximum absolute atomic E-state index is 8.52. The molecule has 0 aromatic heterocycles. The molecule has 0 N–H and O–H groups in total. The van der Waals surface area contributed by atoms with Crippen molar-refractivity contribution >= 4 is 22.0 Å². The van der Waals surface area contributed by atoms with Crippen LogP contribution in [0.4, 0.5) is 0 Å². The largest absolute Gasteiger partial charge is 0.490 e. The van der Waals surface area contributed by atoms with Gasteiger partial charge in [0.2, 0.25) is 0 Å². The molecule has 17 heavy (non-hydrogen) atoms. The van der Waals surface area contributed by atoms with Crippen LogP contribution >= 0.6 is 15.9 Å². The molecule has 0 atom stereocenters. The molecule has 0 aliphatic carbocycles. The number of halogens is 1. The molecule has 1 aromatic carbocycles. The zero-order valence-corrected chi connectivity index (χ0v) is 11.5. The van der Waals surface area contributed by atoms with E-state index in [1.165, 1.54) is 6.08 Å². The molecule has 0 saturated heterocycles. The molecule has 0 saturated carbocycles. The SMILES string of the molecule is CCOc1cc(Br)c(C=CC#N)cc1OCC. The fourth-order valence-corrected chi connectivity index (χ4v) is 1.80. The number of benzene rings is 1. The normalized spacial score (nSPS) is 10.2. The Labute approximate surface area is 110 Å². The van der Waals surface area contributed by atoms with E-state index in [-0.39, 0.29) is 0 Å². The van der Waals surface area contributed by atoms with E-state index in [0.717, 1.165) is 10.0 Å². The lowest BCUT2D eigenvalue weighted by atomic mass is 10.2. The average molecular weight is 296 g/mol. The molecule has 0 aliphatic rings. The Morgan fingerprint density at radius 3 is 2.35 bits per heavy atom. The van der Waals surface area contributed by atoms with Gasteiger partial charge in [-0.3, -0.25) is 0 Å². The Hall–Kier alpha value is -1.47. The van der Waals surface area contributed by atoms with Gasteiger partial charge in [0, 0.05) is 10.5 Å². The standard InChI is InChI=1S/C13H14BrNO2/c1-3-16-12-8-10(6-5-7-15)11(14)9-13(12)17-4-2/h5-6,8-9H,3-4H2,1-2H3. The zero-order valence-electron chi connectivity index (χ0n) is 9.87. The molecule has 0 aliphatic heterocycles. The Balaban J connectivity index is 3.15. The van der Waals surface area contributed by atoms with E-state index >= 15 is 0 Å². The summed E-state index contributed by atoms with van der Waals surface area (Å²) in [7, 11) is 0. The first kappa shape index (κ1) is 13.6. The van der Waals surface area contributed by atoms with Crippen LogP contribution in [0.15, 0.2) is 22.7 Å². The lowest BCUT2D eigenvalue weighted by molar-refractivity contribution is 0.287. The lowest BCUT2D eigenvalue weighted by Crippen LogP contribution is -1.99. The van der Waals surface area contributed by atoms with Crippen molar-refractivity contribution in [2.75, 3.05) is 13.2 Å². The molecule has 1 rings (SSSR count). The van der Waals surface area contributed by atoms with Crippen molar-refractivity contribution in [1.29, 1.82) is 5.26 Å². The second kappa shape index (κ2) is 6.97. The third-order valence-electron chi connectivity index (χ3n) is 2.00. The van der Waals surface area contributed by atoms with Gasteiger partial charge < -0.3 is 9.47 Å². The number of ether oxygens (including phenoxy) is 2. The predicted molar refractivity (Wildman–Crippen MR) is 71.1 cm³/mol. The van der Waals surface area contributed by atoms with Crippen molar-refractivity contribution in [2.24, 2.45) is 0 Å². The smallest absolute Gasteiger partial charge is 0.162 e. The Morgan fingerprint density at radius 2 is 1.82 bits per heavy atom. The van der Waals surface area contributed by atoms with Gasteiger partial charge in [0.25, 0.3) is 0 Å². The van der Waals surface area contributed by atoms with Crippen molar-refractivity contribution < 1.29 is 9.47 Å². The van der Waals surface area contributed by atoms with Gasteiger partial charge in [0.05, 0.1) is 19.3 Å². The maximum Gasteiger partial charge on any atom is 0.162 e. The first-order chi connectivity index (χ1) is 8.22. The molecule has 0 unspecified atom stereocenters. The number of nitriles is 1. The first-order valence-electron chi connectivity index (χ1n) is 5.38. The minimum atomic E-state index is 0.573. The van der Waals surface area contributed by atoms with Crippen LogP contribution in [0.2, 0.25) is 0 Å². The summed E-state index contributed by atoms with van der Waals surface area (Å²) in [6.07, 6.45) is 3.15. The molecule has 0 fully saturated rings. The van der Waals surface area contributed by atoms with E-state index in [1.54, 1.807) is 6.08 Å². The van der Waals surface area contributed by atoms with Gasteiger partial charge in [-0.15, -0.1) is 0 Å². The summed E-state index contributed by atoms with van der Waals surface area (Å²) in [5.74, 6) is 1.39. The molecular weight excluding hydrogens is 282 g/mol. The summed E-state index contributed by atoms with van der Waals surface area (Å²) in [6.45, 7) is 5.00. The Kier molecular flexibility index (Phi) is 5.58. The highest BCUT2D eigenvalue weighted by Gasteiger charge is 2.08. The van der Waals surface area contributed by atoms with E-state index in [1.807, 2.05) is 32.0 Å². The van der Waals surface area contributed by atoms with Crippen molar-refractivity contribution in [3.8, 4) is 17.6 Å². The van der Waals surface area contributed by atoms with E-state index in [9.17, 15) is 0 Å². The third kappa shape index (κ3) is 3.79. The van der Waals surface area contributed by atoms with E-state index < -0.39 is 0 Å². The molecule has 0 spiro atoms. The van der Waals surface area contributed by atoms with Crippen molar-refractivity contribution in [3.05, 3.63) is 28.2 Å². The zero-order chi connectivity index (χ0) is 12.7. The van der Waals surface area contributed by atoms with Gasteiger partial charge >= 0.3 is 0 Å². The van der Waals surface area contributed by atoms with Gasteiger partial charge in [0.1, 0.15) is 0 Å². The van der Waals surface area contributed by atoms with Crippen LogP contribution in [0.5, 0.6) is 11.5 Å². The van der Waals surface area contributed by atoms with Gasteiger partial charge in [0.15, 0.2) is 11.5 Å². The molecule has 0 bridgehead atoms. The Morgan fingerprint density at radius 1 is 1.24 bits per heavy atom. The molecule has 90 valence electrons. The van der Waals surface area contributed by atoms with Crippen LogP contribution < -0.4 is 9.47 Å². The summed E-state index contributed by atoms with van der Waals surface area (Å²) < 4.78 is 11.9. The quantitative estimate of drug-likeness (QED) is 0.776. The van der Waals surface area contributed by atoms with Crippen LogP contribution in [0.25, 0.3) is 6.08 Å². The minimum Gasteiger partial charge on any atom is -0.490 e. The molecule has 3 nitrogen and oxygen atoms in total. The minimum absolute atomic E-state index is 0.573. The topological polar surface area (TPSA) is 42.2 Å². The average Bonchev–Trinajstić information content (AvgIpc) is 2.31. The van der Waals surface area contributed by atoms with Gasteiger partial charge in [-0.1, -0.05) is 15.9 Å². The summed E-state index contributed by atoms with van der Waals surface area (Å²) >= 11 is 3.44. The molecule has 1 aromatic rings. The molecular formula is C13H14BrNO2. The third-order valence-corrected chi connectivity index (χ3v) is 2.69. The number of hydrogen-bond acceptors (Lipinski definition) is 3. The predicted octanol–water partition coefficient (Wildman–Crippen LogP) is 3.78. The second-order valence-electron chi connectivity index (χ2n) is 3.15. The van der Waals surface area contributed by atoms with Gasteiger partial charge in [-0.2, -0.15) is 5.26 Å². The van der Waals surface area contributed by atoms with Crippen LogP contribution in [-0.2, 0) is 0 Å². The Bertz CT molecular complexity index is 449. The van der Waals surface area contributed by atoms with Crippen LogP contribution in [0, 0.1) is 11.3 Å². The summed E-state index contributed by atoms with van der Waals surface area (Å²) in [5, 5.41) is 8.52. The van der Waals surface area contributed by atoms with Crippen molar-refractivity contribution in [2.45, 2.75) is 13.8 Å². The number of hydrogen-bond donors (Lipinski definition) is 0. The fourth-order valence-electron chi connectivity index (χ4n) is 1.34. The van der Waals surface area contributed by atoms with E-state index in [4.69, 9.17) is 14.7 Å². The first-order valence-corrected chi connectivity index (χ1v) is 6.17. The second-order valence-corrected chi connectivity index (χ2v) is 4.00. The van der Waals surface area contributed by atoms with Crippen LogP contribution in [-0.4, -0.2) is 13.2 Å². The van der Waals surface area contributed by atoms with Gasteiger partial charge in [-0.05, 0) is 37.6 Å².